The van der Waals surface area contributed by atoms with Crippen molar-refractivity contribution < 1.29 is 18.8 Å². The molecule has 1 aromatic heterocycles. The molecule has 0 aliphatic heterocycles. The topological polar surface area (TPSA) is 87.6 Å². The lowest BCUT2D eigenvalue weighted by molar-refractivity contribution is -0.385. The second-order valence-corrected chi connectivity index (χ2v) is 5.44. The first kappa shape index (κ1) is 16.8. The fourth-order valence-electron chi connectivity index (χ4n) is 2.16. The van der Waals surface area contributed by atoms with Gasteiger partial charge in [0.25, 0.3) is 5.69 Å². The number of hydrogen-bond acceptors (Lipinski definition) is 6. The zero-order chi connectivity index (χ0) is 17.8. The lowest BCUT2D eigenvalue weighted by atomic mass is 10.2. The number of rotatable bonds is 6. The maximum Gasteiger partial charge on any atom is 0.273 e. The van der Waals surface area contributed by atoms with E-state index in [4.69, 9.17) is 25.5 Å². The van der Waals surface area contributed by atoms with E-state index < -0.39 is 4.92 Å². The number of nitrogens with zero attached hydrogens (tertiary/aromatic N) is 2. The van der Waals surface area contributed by atoms with Crippen LogP contribution in [0, 0.1) is 10.1 Å². The minimum atomic E-state index is -0.504. The van der Waals surface area contributed by atoms with Gasteiger partial charge in [0.2, 0.25) is 5.89 Å². The Morgan fingerprint density at radius 3 is 2.64 bits per heavy atom. The maximum absolute atomic E-state index is 10.9. The number of nitro benzene ring substituents is 1. The lowest BCUT2D eigenvalue weighted by Gasteiger charge is -2.08. The minimum absolute atomic E-state index is 0.00508. The lowest BCUT2D eigenvalue weighted by Crippen LogP contribution is -1.99. The number of hydrogen-bond donors (Lipinski definition) is 0. The van der Waals surface area contributed by atoms with Crippen LogP contribution >= 0.6 is 11.6 Å². The van der Waals surface area contributed by atoms with Crippen molar-refractivity contribution in [1.82, 2.24) is 4.98 Å². The summed E-state index contributed by atoms with van der Waals surface area (Å²) >= 11 is 5.86. The van der Waals surface area contributed by atoms with Gasteiger partial charge in [0, 0.05) is 16.7 Å². The van der Waals surface area contributed by atoms with Crippen molar-refractivity contribution in [2.45, 2.75) is 6.61 Å². The zero-order valence-electron chi connectivity index (χ0n) is 13.1. The molecule has 25 heavy (non-hydrogen) atoms. The maximum atomic E-state index is 10.9. The van der Waals surface area contributed by atoms with Crippen LogP contribution in [-0.4, -0.2) is 17.0 Å². The molecule has 0 aliphatic rings. The molecule has 8 heteroatoms. The van der Waals surface area contributed by atoms with Gasteiger partial charge in [-0.05, 0) is 30.3 Å². The molecule has 0 amide bonds. The number of nitro groups is 1. The van der Waals surface area contributed by atoms with Crippen molar-refractivity contribution in [3.8, 4) is 22.8 Å². The number of ether oxygens (including phenoxy) is 2. The number of benzene rings is 2. The van der Waals surface area contributed by atoms with Gasteiger partial charge in [-0.2, -0.15) is 0 Å². The molecule has 1 heterocycles. The quantitative estimate of drug-likeness (QED) is 0.475. The first-order chi connectivity index (χ1) is 12.1. The van der Waals surface area contributed by atoms with Crippen LogP contribution in [0.4, 0.5) is 5.69 Å². The third kappa shape index (κ3) is 3.89. The normalized spacial score (nSPS) is 10.5. The summed E-state index contributed by atoms with van der Waals surface area (Å²) in [6, 6.07) is 11.3. The van der Waals surface area contributed by atoms with E-state index in [-0.39, 0.29) is 18.0 Å². The van der Waals surface area contributed by atoms with Crippen molar-refractivity contribution in [3.63, 3.8) is 0 Å². The van der Waals surface area contributed by atoms with Crippen molar-refractivity contribution in [2.75, 3.05) is 7.11 Å². The van der Waals surface area contributed by atoms with Crippen LogP contribution in [0.15, 0.2) is 53.1 Å². The summed E-state index contributed by atoms with van der Waals surface area (Å²) < 4.78 is 16.3. The van der Waals surface area contributed by atoms with E-state index in [1.807, 2.05) is 12.1 Å². The molecule has 0 aliphatic carbocycles. The van der Waals surface area contributed by atoms with E-state index in [0.29, 0.717) is 22.4 Å². The standard InChI is InChI=1S/C17H13ClN2O5/c1-23-14-7-6-13(20(21)22)8-15(14)24-10-17-19-9-16(25-17)11-2-4-12(18)5-3-11/h2-9H,10H2,1H3. The highest BCUT2D eigenvalue weighted by atomic mass is 35.5. The number of methoxy groups -OCH3 is 1. The van der Waals surface area contributed by atoms with Gasteiger partial charge in [-0.3, -0.25) is 10.1 Å². The van der Waals surface area contributed by atoms with E-state index in [1.165, 1.54) is 25.3 Å². The van der Waals surface area contributed by atoms with Crippen LogP contribution in [0.25, 0.3) is 11.3 Å². The highest BCUT2D eigenvalue weighted by molar-refractivity contribution is 6.30. The number of oxazole rings is 1. The van der Waals surface area contributed by atoms with Crippen molar-refractivity contribution in [2.24, 2.45) is 0 Å². The largest absolute Gasteiger partial charge is 0.493 e. The van der Waals surface area contributed by atoms with Gasteiger partial charge in [-0.1, -0.05) is 11.6 Å². The van der Waals surface area contributed by atoms with Gasteiger partial charge in [0.1, 0.15) is 0 Å². The molecule has 3 rings (SSSR count). The van der Waals surface area contributed by atoms with Crippen molar-refractivity contribution in [3.05, 3.63) is 69.7 Å². The third-order valence-corrected chi connectivity index (χ3v) is 3.64. The summed E-state index contributed by atoms with van der Waals surface area (Å²) in [6.45, 7) is 0.00508. The Balaban J connectivity index is 1.75. The van der Waals surface area contributed by atoms with Crippen LogP contribution in [-0.2, 0) is 6.61 Å². The summed E-state index contributed by atoms with van der Waals surface area (Å²) in [5.41, 5.74) is 0.737. The first-order valence-corrected chi connectivity index (χ1v) is 7.60. The average Bonchev–Trinajstić information content (AvgIpc) is 3.09. The van der Waals surface area contributed by atoms with Crippen molar-refractivity contribution in [1.29, 1.82) is 0 Å². The Morgan fingerprint density at radius 1 is 1.20 bits per heavy atom. The molecule has 0 fully saturated rings. The molecule has 0 atom stereocenters. The minimum Gasteiger partial charge on any atom is -0.493 e. The van der Waals surface area contributed by atoms with Gasteiger partial charge >= 0.3 is 0 Å². The van der Waals surface area contributed by atoms with Gasteiger partial charge in [-0.15, -0.1) is 0 Å². The van der Waals surface area contributed by atoms with Gasteiger partial charge < -0.3 is 13.9 Å². The number of aromatic nitrogens is 1. The SMILES string of the molecule is COc1ccc([N+](=O)[O-])cc1OCc1ncc(-c2ccc(Cl)cc2)o1. The molecule has 0 N–H and O–H groups in total. The molecule has 2 aromatic carbocycles. The van der Waals surface area contributed by atoms with Gasteiger partial charge in [0.15, 0.2) is 23.9 Å². The van der Waals surface area contributed by atoms with Crippen molar-refractivity contribution >= 4 is 17.3 Å². The van der Waals surface area contributed by atoms with Crippen LogP contribution < -0.4 is 9.47 Å². The van der Waals surface area contributed by atoms with E-state index in [9.17, 15) is 10.1 Å². The molecule has 0 bridgehead atoms. The predicted molar refractivity (Wildman–Crippen MR) is 90.9 cm³/mol. The zero-order valence-corrected chi connectivity index (χ0v) is 13.9. The Bertz CT molecular complexity index is 892. The molecule has 0 radical (unpaired) electrons. The van der Waals surface area contributed by atoms with Crippen LogP contribution in [0.3, 0.4) is 0 Å². The first-order valence-electron chi connectivity index (χ1n) is 7.22. The van der Waals surface area contributed by atoms with E-state index in [2.05, 4.69) is 4.98 Å². The molecule has 128 valence electrons. The summed E-state index contributed by atoms with van der Waals surface area (Å²) in [5, 5.41) is 11.5. The second-order valence-electron chi connectivity index (χ2n) is 5.01. The predicted octanol–water partition coefficient (Wildman–Crippen LogP) is 4.49. The van der Waals surface area contributed by atoms with Crippen LogP contribution in [0.1, 0.15) is 5.89 Å². The molecule has 0 saturated heterocycles. The summed E-state index contributed by atoms with van der Waals surface area (Å²) in [6.07, 6.45) is 1.58. The average molecular weight is 361 g/mol. The molecule has 3 aromatic rings. The number of halogens is 1. The summed E-state index contributed by atoms with van der Waals surface area (Å²) in [5.74, 6) is 1.53. The Hall–Kier alpha value is -3.06. The van der Waals surface area contributed by atoms with E-state index in [0.717, 1.165) is 5.56 Å². The number of non-ortho nitro benzene ring substituents is 1. The third-order valence-electron chi connectivity index (χ3n) is 3.39. The molecule has 0 unspecified atom stereocenters. The van der Waals surface area contributed by atoms with Gasteiger partial charge in [-0.25, -0.2) is 4.98 Å². The highest BCUT2D eigenvalue weighted by Gasteiger charge is 2.14. The molecular formula is C17H13ClN2O5. The van der Waals surface area contributed by atoms with Gasteiger partial charge in [0.05, 0.1) is 24.3 Å². The van der Waals surface area contributed by atoms with E-state index in [1.54, 1.807) is 18.3 Å². The fraction of sp³-hybridized carbons (Fsp3) is 0.118. The fourth-order valence-corrected chi connectivity index (χ4v) is 2.28. The Morgan fingerprint density at radius 2 is 1.96 bits per heavy atom. The Kier molecular flexibility index (Phi) is 4.85. The molecule has 0 saturated carbocycles. The second kappa shape index (κ2) is 7.23. The van der Waals surface area contributed by atoms with E-state index >= 15 is 0 Å². The summed E-state index contributed by atoms with van der Waals surface area (Å²) in [7, 11) is 1.46. The molecule has 0 spiro atoms. The Labute approximate surface area is 147 Å². The van der Waals surface area contributed by atoms with Crippen LogP contribution in [0.2, 0.25) is 5.02 Å². The van der Waals surface area contributed by atoms with Crippen LogP contribution in [0.5, 0.6) is 11.5 Å². The summed E-state index contributed by atoms with van der Waals surface area (Å²) in [4.78, 5) is 14.5. The molecule has 7 nitrogen and oxygen atoms in total. The smallest absolute Gasteiger partial charge is 0.273 e. The highest BCUT2D eigenvalue weighted by Crippen LogP contribution is 2.32. The monoisotopic (exact) mass is 360 g/mol. The molecular weight excluding hydrogens is 348 g/mol.